The van der Waals surface area contributed by atoms with Gasteiger partial charge in [0.1, 0.15) is 13.2 Å². The van der Waals surface area contributed by atoms with Crippen molar-refractivity contribution in [3.8, 4) is 0 Å². The minimum absolute atomic E-state index is 0. The summed E-state index contributed by atoms with van der Waals surface area (Å²) >= 11 is 25.1. The molecule has 0 radical (unpaired) electrons. The van der Waals surface area contributed by atoms with Gasteiger partial charge < -0.3 is 57.2 Å². The van der Waals surface area contributed by atoms with Crippen molar-refractivity contribution in [3.05, 3.63) is 137 Å². The number of hydrogen-bond acceptors (Lipinski definition) is 18. The number of aliphatic hydroxyl groups is 1. The Morgan fingerprint density at radius 1 is 0.417 bits per heavy atom. The van der Waals surface area contributed by atoms with Crippen molar-refractivity contribution in [2.45, 2.75) is 266 Å². The molecule has 8 fully saturated rings. The lowest BCUT2D eigenvalue weighted by atomic mass is 9.68. The zero-order valence-corrected chi connectivity index (χ0v) is 68.0. The van der Waals surface area contributed by atoms with Crippen molar-refractivity contribution in [2.75, 3.05) is 46.8 Å². The second-order valence-electron chi connectivity index (χ2n) is 30.1. The van der Waals surface area contributed by atoms with E-state index in [2.05, 4.69) is 116 Å². The van der Waals surface area contributed by atoms with Crippen LogP contribution in [0.2, 0.25) is 20.1 Å². The third-order valence-electron chi connectivity index (χ3n) is 25.8. The number of esters is 1. The van der Waals surface area contributed by atoms with Gasteiger partial charge in [0.2, 0.25) is 0 Å². The molecule has 4 aromatic carbocycles. The third-order valence-corrected chi connectivity index (χ3v) is 28.9. The van der Waals surface area contributed by atoms with Gasteiger partial charge in [0, 0.05) is 84.1 Å². The number of ether oxygens (including phenoxy) is 11. The molecular weight excluding hydrogens is 1480 g/mol. The number of phosphoric acid groups is 1. The molecule has 8 aliphatic rings. The lowest BCUT2D eigenvalue weighted by molar-refractivity contribution is -0.280. The molecule has 0 saturated carbocycles. The van der Waals surface area contributed by atoms with E-state index in [1.807, 2.05) is 66.7 Å². The fourth-order valence-corrected chi connectivity index (χ4v) is 19.2. The SMILES string of the molecule is C.C.C.C.C.CCOP(=O)(OCC)OCc1cc([C@]23OC[C@](CC)(O2)[C@@H](C)[C@H](C)[C@H]3C)ccc1Cl.CC[C@@]12CO[C@@](c3ccc(Cl)c(CO)c3)(O1)[C@H](C)[C@@H](C)[C@@H]2C.CC[C@@]12CO[C@@](c3ccc(Cl)c(COC(=O)OC)c3)(O1)[C@H](C)[C@@H](C)[C@@H]2C.CC[C@@]12CO[C@@](c3ccc(Cl)c(COC(C)=O)c3)(O1)[C@H](C)[C@@H](C)[C@@H]2C. The van der Waals surface area contributed by atoms with Crippen LogP contribution in [0.5, 0.6) is 0 Å². The molecule has 0 amide bonds. The highest BCUT2D eigenvalue weighted by molar-refractivity contribution is 7.48. The van der Waals surface area contributed by atoms with Crippen molar-refractivity contribution in [1.29, 1.82) is 0 Å². The van der Waals surface area contributed by atoms with E-state index < -0.39 is 37.1 Å². The van der Waals surface area contributed by atoms with Gasteiger partial charge in [-0.1, -0.05) is 219 Å². The van der Waals surface area contributed by atoms with Gasteiger partial charge in [0.15, 0.2) is 23.1 Å². The Morgan fingerprint density at radius 3 is 0.926 bits per heavy atom. The van der Waals surface area contributed by atoms with Gasteiger partial charge in [0.05, 0.1) is 82.4 Å². The van der Waals surface area contributed by atoms with Crippen LogP contribution in [0.4, 0.5) is 4.79 Å². The first-order valence-electron chi connectivity index (χ1n) is 37.1. The molecular formula is C85H133Cl4O18P. The van der Waals surface area contributed by atoms with Crippen molar-refractivity contribution < 1.29 is 84.9 Å². The quantitative estimate of drug-likeness (QED) is 0.0646. The van der Waals surface area contributed by atoms with Crippen molar-refractivity contribution in [1.82, 2.24) is 0 Å². The standard InChI is InChI=1S/C22H34ClO6P.C20H27ClO5.C20H27ClO4.C18H25ClO3.5CH4/c1-7-21-14-25-22(29-21,17(6)15(4)16(21)5)19-10-11-20(23)18(12-19)13-28-30(24,26-8-2)27-9-3;1-6-19-11-25-20(26-19,14(4)12(2)13(19)3)16-7-8-17(21)15(9-16)10-24-18(22)23-5;1-6-19-11-24-20(25-19,14(4)12(2)13(19)3)17-7-8-18(21)16(9-17)10-23-15(5)22;1-5-17-10-21-18(22-17,13(4)11(2)12(17)3)15-6-7-16(19)14(8-15)9-20;;;;;/h10-12,15-17H,7-9,13-14H2,1-6H3;7-9,12-14H,6,10-11H2,1-5H3;7-9,12-14H,6,10-11H2,1-5H3;6-8,11-13,20H,5,9-10H2,1-4H3;5*1H4/t15-,16-,17+,21-,22+;2*12-,13-,14+,19-,20+;11-,12-,13+,17-,18+;;;;;/m0000...../s1. The molecule has 108 heavy (non-hydrogen) atoms. The van der Waals surface area contributed by atoms with Gasteiger partial charge in [0.25, 0.3) is 0 Å². The largest absolute Gasteiger partial charge is 0.508 e. The van der Waals surface area contributed by atoms with E-state index in [4.69, 9.17) is 107 Å². The smallest absolute Gasteiger partial charge is 0.461 e. The molecule has 8 heterocycles. The van der Waals surface area contributed by atoms with Gasteiger partial charge >= 0.3 is 19.9 Å². The Morgan fingerprint density at radius 2 is 0.676 bits per heavy atom. The summed E-state index contributed by atoms with van der Waals surface area (Å²) in [6.07, 6.45) is 2.91. The predicted octanol–water partition coefficient (Wildman–Crippen LogP) is 23.2. The molecule has 1 N–H and O–H groups in total. The number of carbonyl (C=O) groups excluding carboxylic acids is 2. The Bertz CT molecular complexity index is 3670. The number of carbonyl (C=O) groups is 2. The van der Waals surface area contributed by atoms with Crippen LogP contribution in [0.3, 0.4) is 0 Å². The van der Waals surface area contributed by atoms with E-state index >= 15 is 0 Å². The minimum atomic E-state index is -3.63. The molecule has 20 atom stereocenters. The van der Waals surface area contributed by atoms with Crippen LogP contribution in [-0.2, 0) is 125 Å². The summed E-state index contributed by atoms with van der Waals surface area (Å²) < 4.78 is 95.3. The van der Waals surface area contributed by atoms with Crippen LogP contribution in [0.25, 0.3) is 0 Å². The summed E-state index contributed by atoms with van der Waals surface area (Å²) in [6.45, 7) is 43.3. The van der Waals surface area contributed by atoms with Crippen LogP contribution in [0.1, 0.15) is 239 Å². The highest BCUT2D eigenvalue weighted by Gasteiger charge is 2.67. The average Bonchev–Trinajstić information content (AvgIpc) is 1.57. The van der Waals surface area contributed by atoms with Crippen LogP contribution in [0.15, 0.2) is 72.8 Å². The normalized spacial score (nSPS) is 35.0. The number of phosphoric ester groups is 1. The highest BCUT2D eigenvalue weighted by Crippen LogP contribution is 2.63. The number of rotatable bonds is 20. The molecule has 0 aliphatic carbocycles. The number of fused-ring (bicyclic) bond motifs is 8. The van der Waals surface area contributed by atoms with Crippen molar-refractivity contribution in [3.63, 3.8) is 0 Å². The predicted molar refractivity (Wildman–Crippen MR) is 431 cm³/mol. The van der Waals surface area contributed by atoms with E-state index in [9.17, 15) is 19.3 Å². The summed E-state index contributed by atoms with van der Waals surface area (Å²) in [5.41, 5.74) is 5.55. The second-order valence-corrected chi connectivity index (χ2v) is 33.4. The first kappa shape index (κ1) is 96.9. The number of hydrogen-bond donors (Lipinski definition) is 1. The van der Waals surface area contributed by atoms with Gasteiger partial charge in [-0.05, 0) is 147 Å². The van der Waals surface area contributed by atoms with E-state index in [1.165, 1.54) is 14.0 Å². The fourth-order valence-electron chi connectivity index (χ4n) is 17.4. The van der Waals surface area contributed by atoms with E-state index in [0.29, 0.717) is 111 Å². The first-order valence-corrected chi connectivity index (χ1v) is 40.1. The Labute approximate surface area is 668 Å². The Kier molecular flexibility index (Phi) is 34.4. The minimum Gasteiger partial charge on any atom is -0.461 e. The summed E-state index contributed by atoms with van der Waals surface area (Å²) in [5, 5.41) is 11.7. The maximum Gasteiger partial charge on any atom is 0.508 e. The topological polar surface area (TPSA) is 201 Å². The molecule has 0 aromatic heterocycles. The zero-order valence-electron chi connectivity index (χ0n) is 64.1. The summed E-state index contributed by atoms with van der Waals surface area (Å²) in [7, 11) is -2.36. The Balaban J connectivity index is 0.000000301. The van der Waals surface area contributed by atoms with E-state index in [-0.39, 0.29) is 129 Å². The monoisotopic (exact) mass is 1610 g/mol. The molecule has 8 bridgehead atoms. The number of aliphatic hydroxyl groups excluding tert-OH is 1. The maximum atomic E-state index is 12.7. The molecule has 18 nitrogen and oxygen atoms in total. The summed E-state index contributed by atoms with van der Waals surface area (Å²) in [4.78, 5) is 22.4. The van der Waals surface area contributed by atoms with Gasteiger partial charge in [-0.3, -0.25) is 18.4 Å². The van der Waals surface area contributed by atoms with Crippen LogP contribution in [0, 0.1) is 71.0 Å². The molecule has 23 heteroatoms. The van der Waals surface area contributed by atoms with Crippen LogP contribution in [-0.4, -0.2) is 86.4 Å². The maximum absolute atomic E-state index is 12.7. The molecule has 4 aromatic rings. The van der Waals surface area contributed by atoms with Gasteiger partial charge in [-0.15, -0.1) is 0 Å². The molecule has 12 rings (SSSR count). The summed E-state index contributed by atoms with van der Waals surface area (Å²) in [5.74, 6) is 0.820. The molecule has 0 spiro atoms. The van der Waals surface area contributed by atoms with Crippen LogP contribution < -0.4 is 0 Å². The third kappa shape index (κ3) is 17.7. The lowest BCUT2D eigenvalue weighted by Gasteiger charge is -2.49. The molecule has 8 saturated heterocycles. The highest BCUT2D eigenvalue weighted by atomic mass is 35.5. The van der Waals surface area contributed by atoms with Gasteiger partial charge in [-0.25, -0.2) is 9.36 Å². The Hall–Kier alpha value is -3.47. The average molecular weight is 1620 g/mol. The fraction of sp³-hybridized carbons (Fsp3) is 0.694. The van der Waals surface area contributed by atoms with Crippen LogP contribution >= 0.6 is 54.2 Å². The second kappa shape index (κ2) is 38.3. The van der Waals surface area contributed by atoms with E-state index in [1.54, 1.807) is 19.9 Å². The zero-order chi connectivity index (χ0) is 75.8. The summed E-state index contributed by atoms with van der Waals surface area (Å²) in [6, 6.07) is 22.8. The number of benzene rings is 4. The van der Waals surface area contributed by atoms with Gasteiger partial charge in [-0.2, -0.15) is 0 Å². The number of methoxy groups -OCH3 is 1. The lowest BCUT2D eigenvalue weighted by Crippen LogP contribution is -2.53. The van der Waals surface area contributed by atoms with Crippen molar-refractivity contribution in [2.24, 2.45) is 71.0 Å². The number of halogens is 4. The van der Waals surface area contributed by atoms with Crippen molar-refractivity contribution >= 4 is 66.4 Å². The molecule has 614 valence electrons. The van der Waals surface area contributed by atoms with E-state index in [0.717, 1.165) is 53.5 Å². The molecule has 0 unspecified atom stereocenters. The molecule has 8 aliphatic heterocycles. The first-order chi connectivity index (χ1) is 48.6.